The summed E-state index contributed by atoms with van der Waals surface area (Å²) in [5, 5.41) is 3.66. The maximum atomic E-state index is 5.46. The van der Waals surface area contributed by atoms with Crippen LogP contribution in [0.3, 0.4) is 0 Å². The van der Waals surface area contributed by atoms with E-state index in [0.717, 1.165) is 24.4 Å². The molecule has 0 saturated heterocycles. The highest BCUT2D eigenvalue weighted by atomic mass is 16.5. The summed E-state index contributed by atoms with van der Waals surface area (Å²) < 4.78 is 5.46. The molecule has 1 heterocycles. The molecule has 1 unspecified atom stereocenters. The maximum absolute atomic E-state index is 5.46. The van der Waals surface area contributed by atoms with E-state index in [1.807, 2.05) is 18.3 Å². The van der Waals surface area contributed by atoms with E-state index in [2.05, 4.69) is 17.2 Å². The SMILES string of the molecule is CCCNC(c1ncccc1OC)C1CCCC1. The summed E-state index contributed by atoms with van der Waals surface area (Å²) in [5.41, 5.74) is 1.08. The third kappa shape index (κ3) is 3.02. The molecule has 1 aliphatic carbocycles. The smallest absolute Gasteiger partial charge is 0.141 e. The summed E-state index contributed by atoms with van der Waals surface area (Å²) in [5.74, 6) is 1.62. The van der Waals surface area contributed by atoms with Crippen LogP contribution in [0.2, 0.25) is 0 Å². The second-order valence-electron chi connectivity index (χ2n) is 5.07. The van der Waals surface area contributed by atoms with Crippen LogP contribution < -0.4 is 10.1 Å². The van der Waals surface area contributed by atoms with Gasteiger partial charge in [-0.3, -0.25) is 4.98 Å². The number of aromatic nitrogens is 1. The van der Waals surface area contributed by atoms with E-state index >= 15 is 0 Å². The molecule has 1 aromatic heterocycles. The van der Waals surface area contributed by atoms with Gasteiger partial charge >= 0.3 is 0 Å². The first-order valence-corrected chi connectivity index (χ1v) is 7.09. The highest BCUT2D eigenvalue weighted by molar-refractivity contribution is 5.30. The third-order valence-electron chi connectivity index (χ3n) is 3.80. The monoisotopic (exact) mass is 248 g/mol. The minimum absolute atomic E-state index is 0.351. The van der Waals surface area contributed by atoms with Gasteiger partial charge < -0.3 is 10.1 Å². The number of nitrogens with one attached hydrogen (secondary N) is 1. The van der Waals surface area contributed by atoms with Crippen LogP contribution in [0.5, 0.6) is 5.75 Å². The van der Waals surface area contributed by atoms with Gasteiger partial charge in [0.15, 0.2) is 0 Å². The fraction of sp³-hybridized carbons (Fsp3) is 0.667. The molecule has 18 heavy (non-hydrogen) atoms. The largest absolute Gasteiger partial charge is 0.495 e. The second-order valence-corrected chi connectivity index (χ2v) is 5.07. The van der Waals surface area contributed by atoms with Crippen molar-refractivity contribution in [1.82, 2.24) is 10.3 Å². The fourth-order valence-electron chi connectivity index (χ4n) is 2.89. The minimum atomic E-state index is 0.351. The number of rotatable bonds is 6. The van der Waals surface area contributed by atoms with Crippen LogP contribution in [0, 0.1) is 5.92 Å². The first kappa shape index (κ1) is 13.3. The number of ether oxygens (including phenoxy) is 1. The van der Waals surface area contributed by atoms with Gasteiger partial charge in [0.2, 0.25) is 0 Å². The fourth-order valence-corrected chi connectivity index (χ4v) is 2.89. The Hall–Kier alpha value is -1.09. The van der Waals surface area contributed by atoms with Crippen molar-refractivity contribution in [1.29, 1.82) is 0 Å². The summed E-state index contributed by atoms with van der Waals surface area (Å²) in [6, 6.07) is 4.30. The number of methoxy groups -OCH3 is 1. The lowest BCUT2D eigenvalue weighted by Gasteiger charge is -2.25. The normalized spacial score (nSPS) is 17.9. The molecule has 1 saturated carbocycles. The molecular formula is C15H24N2O. The van der Waals surface area contributed by atoms with E-state index in [9.17, 15) is 0 Å². The summed E-state index contributed by atoms with van der Waals surface area (Å²) in [6.07, 6.45) is 8.34. The molecule has 2 rings (SSSR count). The van der Waals surface area contributed by atoms with Gasteiger partial charge in [-0.05, 0) is 43.9 Å². The van der Waals surface area contributed by atoms with Crippen molar-refractivity contribution in [2.24, 2.45) is 5.92 Å². The van der Waals surface area contributed by atoms with Gasteiger partial charge in [0.05, 0.1) is 18.8 Å². The lowest BCUT2D eigenvalue weighted by Crippen LogP contribution is -2.29. The zero-order valence-corrected chi connectivity index (χ0v) is 11.5. The van der Waals surface area contributed by atoms with Gasteiger partial charge in [-0.1, -0.05) is 19.8 Å². The van der Waals surface area contributed by atoms with Crippen molar-refractivity contribution in [2.75, 3.05) is 13.7 Å². The molecule has 100 valence electrons. The molecule has 0 aromatic carbocycles. The van der Waals surface area contributed by atoms with Crippen LogP contribution >= 0.6 is 0 Å². The Morgan fingerprint density at radius 3 is 2.89 bits per heavy atom. The van der Waals surface area contributed by atoms with E-state index < -0.39 is 0 Å². The highest BCUT2D eigenvalue weighted by Gasteiger charge is 2.28. The Balaban J connectivity index is 2.20. The molecule has 3 heteroatoms. The molecule has 1 aromatic rings. The highest BCUT2D eigenvalue weighted by Crippen LogP contribution is 2.37. The number of hydrogen-bond donors (Lipinski definition) is 1. The van der Waals surface area contributed by atoms with Crippen LogP contribution in [0.1, 0.15) is 50.8 Å². The van der Waals surface area contributed by atoms with E-state index in [1.54, 1.807) is 7.11 Å². The van der Waals surface area contributed by atoms with Crippen molar-refractivity contribution in [2.45, 2.75) is 45.1 Å². The Bertz CT molecular complexity index is 361. The first-order valence-electron chi connectivity index (χ1n) is 7.09. The second kappa shape index (κ2) is 6.74. The van der Waals surface area contributed by atoms with Gasteiger partial charge in [-0.25, -0.2) is 0 Å². The Morgan fingerprint density at radius 1 is 1.44 bits per heavy atom. The number of pyridine rings is 1. The number of nitrogens with zero attached hydrogens (tertiary/aromatic N) is 1. The average molecular weight is 248 g/mol. The van der Waals surface area contributed by atoms with Gasteiger partial charge in [-0.2, -0.15) is 0 Å². The molecule has 1 atom stereocenters. The summed E-state index contributed by atoms with van der Waals surface area (Å²) >= 11 is 0. The van der Waals surface area contributed by atoms with Crippen LogP contribution in [-0.2, 0) is 0 Å². The van der Waals surface area contributed by atoms with E-state index in [1.165, 1.54) is 25.7 Å². The van der Waals surface area contributed by atoms with Crippen molar-refractivity contribution >= 4 is 0 Å². The predicted molar refractivity (Wildman–Crippen MR) is 73.8 cm³/mol. The summed E-state index contributed by atoms with van der Waals surface area (Å²) in [4.78, 5) is 4.56. The standard InChI is InChI=1S/C15H24N2O/c1-3-10-16-14(12-7-4-5-8-12)15-13(18-2)9-6-11-17-15/h6,9,11-12,14,16H,3-5,7-8,10H2,1-2H3. The van der Waals surface area contributed by atoms with Crippen molar-refractivity contribution in [3.63, 3.8) is 0 Å². The average Bonchev–Trinajstić information content (AvgIpc) is 2.94. The molecule has 0 radical (unpaired) electrons. The van der Waals surface area contributed by atoms with E-state index in [0.29, 0.717) is 12.0 Å². The van der Waals surface area contributed by atoms with Gasteiger partial charge in [0, 0.05) is 6.20 Å². The minimum Gasteiger partial charge on any atom is -0.495 e. The lowest BCUT2D eigenvalue weighted by molar-refractivity contribution is 0.337. The molecule has 0 aliphatic heterocycles. The zero-order valence-electron chi connectivity index (χ0n) is 11.5. The van der Waals surface area contributed by atoms with Gasteiger partial charge in [0.1, 0.15) is 5.75 Å². The Morgan fingerprint density at radius 2 is 2.22 bits per heavy atom. The third-order valence-corrected chi connectivity index (χ3v) is 3.80. The Labute approximate surface area is 110 Å². The van der Waals surface area contributed by atoms with Crippen molar-refractivity contribution in [3.05, 3.63) is 24.0 Å². The molecule has 0 amide bonds. The quantitative estimate of drug-likeness (QED) is 0.838. The van der Waals surface area contributed by atoms with E-state index in [-0.39, 0.29) is 0 Å². The van der Waals surface area contributed by atoms with Crippen LogP contribution in [0.25, 0.3) is 0 Å². The molecule has 3 nitrogen and oxygen atoms in total. The topological polar surface area (TPSA) is 34.2 Å². The summed E-state index contributed by atoms with van der Waals surface area (Å²) in [7, 11) is 1.73. The van der Waals surface area contributed by atoms with Crippen LogP contribution in [0.15, 0.2) is 18.3 Å². The van der Waals surface area contributed by atoms with Crippen molar-refractivity contribution in [3.8, 4) is 5.75 Å². The zero-order chi connectivity index (χ0) is 12.8. The lowest BCUT2D eigenvalue weighted by atomic mass is 9.94. The van der Waals surface area contributed by atoms with Crippen LogP contribution in [0.4, 0.5) is 0 Å². The van der Waals surface area contributed by atoms with E-state index in [4.69, 9.17) is 4.74 Å². The molecular weight excluding hydrogens is 224 g/mol. The Kier molecular flexibility index (Phi) is 5.00. The van der Waals surface area contributed by atoms with Crippen LogP contribution in [-0.4, -0.2) is 18.6 Å². The maximum Gasteiger partial charge on any atom is 0.141 e. The molecule has 1 aliphatic rings. The first-order chi connectivity index (χ1) is 8.86. The van der Waals surface area contributed by atoms with Crippen molar-refractivity contribution < 1.29 is 4.74 Å². The predicted octanol–water partition coefficient (Wildman–Crippen LogP) is 3.32. The van der Waals surface area contributed by atoms with Gasteiger partial charge in [-0.15, -0.1) is 0 Å². The summed E-state index contributed by atoms with van der Waals surface area (Å²) in [6.45, 7) is 3.25. The number of hydrogen-bond acceptors (Lipinski definition) is 3. The molecule has 1 fully saturated rings. The van der Waals surface area contributed by atoms with Gasteiger partial charge in [0.25, 0.3) is 0 Å². The molecule has 0 bridgehead atoms. The molecule has 0 spiro atoms. The molecule has 1 N–H and O–H groups in total.